The van der Waals surface area contributed by atoms with Gasteiger partial charge in [0.1, 0.15) is 30.6 Å². The van der Waals surface area contributed by atoms with E-state index in [1.807, 2.05) is 60.7 Å². The molecule has 7 heteroatoms. The van der Waals surface area contributed by atoms with Gasteiger partial charge in [0.15, 0.2) is 0 Å². The zero-order valence-electron chi connectivity index (χ0n) is 23.5. The van der Waals surface area contributed by atoms with Crippen LogP contribution in [0.1, 0.15) is 48.9 Å². The van der Waals surface area contributed by atoms with Gasteiger partial charge in [-0.25, -0.2) is 9.59 Å². The van der Waals surface area contributed by atoms with Crippen molar-refractivity contribution in [1.29, 1.82) is 0 Å². The van der Waals surface area contributed by atoms with Gasteiger partial charge in [-0.2, -0.15) is 0 Å². The van der Waals surface area contributed by atoms with E-state index >= 15 is 0 Å². The number of pyridine rings is 1. The predicted molar refractivity (Wildman–Crippen MR) is 157 cm³/mol. The maximum Gasteiger partial charge on any atom is 0.407 e. The molecule has 7 nitrogen and oxygen atoms in total. The summed E-state index contributed by atoms with van der Waals surface area (Å²) < 4.78 is 17.2. The van der Waals surface area contributed by atoms with Crippen LogP contribution in [0.5, 0.6) is 5.75 Å². The topological polar surface area (TPSA) is 86.8 Å². The minimum Gasteiger partial charge on any atom is -0.489 e. The normalized spacial score (nSPS) is 13.0. The number of rotatable bonds is 9. The van der Waals surface area contributed by atoms with Crippen molar-refractivity contribution < 1.29 is 23.8 Å². The summed E-state index contributed by atoms with van der Waals surface area (Å²) in [5, 5.41) is 2.75. The lowest BCUT2D eigenvalue weighted by molar-refractivity contribution is -0.157. The molecule has 0 saturated carbocycles. The number of fused-ring (bicyclic) bond motifs is 3. The first kappa shape index (κ1) is 27.9. The molecule has 0 unspecified atom stereocenters. The third-order valence-corrected chi connectivity index (χ3v) is 6.82. The van der Waals surface area contributed by atoms with Gasteiger partial charge in [0.25, 0.3) is 0 Å². The van der Waals surface area contributed by atoms with Crippen molar-refractivity contribution in [2.45, 2.75) is 51.4 Å². The maximum atomic E-state index is 13.1. The van der Waals surface area contributed by atoms with Crippen LogP contribution < -0.4 is 10.1 Å². The molecular weight excluding hydrogens is 516 g/mol. The molecule has 41 heavy (non-hydrogen) atoms. The van der Waals surface area contributed by atoms with Gasteiger partial charge in [-0.1, -0.05) is 66.7 Å². The number of ether oxygens (including phenoxy) is 3. The number of nitrogens with zero attached hydrogens (tertiary/aromatic N) is 1. The van der Waals surface area contributed by atoms with E-state index in [1.54, 1.807) is 33.2 Å². The summed E-state index contributed by atoms with van der Waals surface area (Å²) in [5.74, 6) is 0.0890. The standard InChI is InChI=1S/C34H34N2O5/c1-34(2,3)41-32(37)31(19-23-14-16-25(17-15-23)39-21-24-9-8-18-35-20-24)36-33(38)40-22-30-28-12-6-4-10-26(28)27-11-5-7-13-29(27)30/h4-18,20,30-31H,19,21-22H2,1-3H3,(H,36,38)/t31-/m0/s1. The Kier molecular flexibility index (Phi) is 8.34. The van der Waals surface area contributed by atoms with Gasteiger partial charge in [-0.05, 0) is 66.8 Å². The maximum absolute atomic E-state index is 13.1. The average Bonchev–Trinajstić information content (AvgIpc) is 3.28. The number of carbonyl (C=O) groups excluding carboxylic acids is 2. The minimum absolute atomic E-state index is 0.0765. The summed E-state index contributed by atoms with van der Waals surface area (Å²) in [6.45, 7) is 5.94. The van der Waals surface area contributed by atoms with E-state index in [4.69, 9.17) is 14.2 Å². The molecule has 0 spiro atoms. The molecular formula is C34H34N2O5. The highest BCUT2D eigenvalue weighted by Gasteiger charge is 2.31. The summed E-state index contributed by atoms with van der Waals surface area (Å²) in [6, 6.07) is 26.6. The number of nitrogens with one attached hydrogen (secondary N) is 1. The molecule has 3 aromatic carbocycles. The molecule has 0 aliphatic heterocycles. The van der Waals surface area contributed by atoms with Gasteiger partial charge in [0, 0.05) is 30.3 Å². The lowest BCUT2D eigenvalue weighted by Crippen LogP contribution is -2.46. The van der Waals surface area contributed by atoms with Crippen molar-refractivity contribution in [3.05, 3.63) is 120 Å². The Bertz CT molecular complexity index is 1450. The Morgan fingerprint density at radius 2 is 1.51 bits per heavy atom. The molecule has 1 N–H and O–H groups in total. The zero-order valence-corrected chi connectivity index (χ0v) is 23.5. The van der Waals surface area contributed by atoms with Gasteiger partial charge < -0.3 is 19.5 Å². The van der Waals surface area contributed by atoms with Crippen LogP contribution in [0.15, 0.2) is 97.3 Å². The molecule has 1 aliphatic rings. The number of amides is 1. The first-order valence-corrected chi connectivity index (χ1v) is 13.7. The Morgan fingerprint density at radius 3 is 2.12 bits per heavy atom. The molecule has 0 fully saturated rings. The first-order chi connectivity index (χ1) is 19.8. The van der Waals surface area contributed by atoms with Crippen LogP contribution in [-0.2, 0) is 27.3 Å². The molecule has 4 aromatic rings. The molecule has 0 saturated heterocycles. The molecule has 210 valence electrons. The van der Waals surface area contributed by atoms with Gasteiger partial charge in [0.05, 0.1) is 0 Å². The molecule has 1 heterocycles. The lowest BCUT2D eigenvalue weighted by Gasteiger charge is -2.25. The quantitative estimate of drug-likeness (QED) is 0.241. The monoisotopic (exact) mass is 550 g/mol. The number of benzene rings is 3. The lowest BCUT2D eigenvalue weighted by atomic mass is 9.98. The van der Waals surface area contributed by atoms with Crippen molar-refractivity contribution >= 4 is 12.1 Å². The summed E-state index contributed by atoms with van der Waals surface area (Å²) >= 11 is 0. The largest absolute Gasteiger partial charge is 0.489 e. The van der Waals surface area contributed by atoms with E-state index in [-0.39, 0.29) is 18.9 Å². The number of hydrogen-bond donors (Lipinski definition) is 1. The highest BCUT2D eigenvalue weighted by atomic mass is 16.6. The molecule has 1 atom stereocenters. The summed E-state index contributed by atoms with van der Waals surface area (Å²) in [5.41, 5.74) is 5.64. The Morgan fingerprint density at radius 1 is 0.854 bits per heavy atom. The summed E-state index contributed by atoms with van der Waals surface area (Å²) in [4.78, 5) is 30.2. The second kappa shape index (κ2) is 12.3. The van der Waals surface area contributed by atoms with Crippen LogP contribution in [0, 0.1) is 0 Å². The van der Waals surface area contributed by atoms with Crippen molar-refractivity contribution in [2.75, 3.05) is 6.61 Å². The van der Waals surface area contributed by atoms with Crippen molar-refractivity contribution in [3.63, 3.8) is 0 Å². The third kappa shape index (κ3) is 7.11. The van der Waals surface area contributed by atoms with E-state index in [0.717, 1.165) is 33.4 Å². The minimum atomic E-state index is -0.924. The Labute approximate surface area is 240 Å². The van der Waals surface area contributed by atoms with Crippen LogP contribution >= 0.6 is 0 Å². The molecule has 1 aromatic heterocycles. The van der Waals surface area contributed by atoms with Crippen LogP contribution in [0.2, 0.25) is 0 Å². The van der Waals surface area contributed by atoms with Crippen LogP contribution in [0.4, 0.5) is 4.79 Å². The van der Waals surface area contributed by atoms with E-state index < -0.39 is 23.7 Å². The molecule has 0 radical (unpaired) electrons. The van der Waals surface area contributed by atoms with Gasteiger partial charge >= 0.3 is 12.1 Å². The zero-order chi connectivity index (χ0) is 28.8. The molecule has 5 rings (SSSR count). The third-order valence-electron chi connectivity index (χ3n) is 6.82. The number of carbonyl (C=O) groups is 2. The summed E-state index contributed by atoms with van der Waals surface area (Å²) in [6.07, 6.45) is 3.05. The molecule has 1 aliphatic carbocycles. The predicted octanol–water partition coefficient (Wildman–Crippen LogP) is 6.45. The van der Waals surface area contributed by atoms with E-state index in [0.29, 0.717) is 12.4 Å². The van der Waals surface area contributed by atoms with E-state index in [1.165, 1.54) is 0 Å². The van der Waals surface area contributed by atoms with Crippen molar-refractivity contribution in [1.82, 2.24) is 10.3 Å². The second-order valence-electron chi connectivity index (χ2n) is 11.1. The average molecular weight is 551 g/mol. The smallest absolute Gasteiger partial charge is 0.407 e. The number of alkyl carbamates (subject to hydrolysis) is 1. The van der Waals surface area contributed by atoms with E-state index in [9.17, 15) is 9.59 Å². The number of esters is 1. The highest BCUT2D eigenvalue weighted by Crippen LogP contribution is 2.44. The fraction of sp³-hybridized carbons (Fsp3) is 0.265. The van der Waals surface area contributed by atoms with Crippen molar-refractivity contribution in [3.8, 4) is 16.9 Å². The fourth-order valence-corrected chi connectivity index (χ4v) is 4.96. The molecule has 1 amide bonds. The second-order valence-corrected chi connectivity index (χ2v) is 11.1. The Balaban J connectivity index is 1.23. The van der Waals surface area contributed by atoms with Crippen molar-refractivity contribution in [2.24, 2.45) is 0 Å². The van der Waals surface area contributed by atoms with Crippen LogP contribution in [0.25, 0.3) is 11.1 Å². The SMILES string of the molecule is CC(C)(C)OC(=O)[C@H](Cc1ccc(OCc2cccnc2)cc1)NC(=O)OCC1c2ccccc2-c2ccccc21. The number of aromatic nitrogens is 1. The van der Waals surface area contributed by atoms with Crippen LogP contribution in [0.3, 0.4) is 0 Å². The fourth-order valence-electron chi connectivity index (χ4n) is 4.96. The highest BCUT2D eigenvalue weighted by molar-refractivity contribution is 5.82. The van der Waals surface area contributed by atoms with Gasteiger partial charge in [-0.15, -0.1) is 0 Å². The van der Waals surface area contributed by atoms with Gasteiger partial charge in [0.2, 0.25) is 0 Å². The molecule has 0 bridgehead atoms. The van der Waals surface area contributed by atoms with E-state index in [2.05, 4.69) is 34.6 Å². The first-order valence-electron chi connectivity index (χ1n) is 13.7. The Hall–Kier alpha value is -4.65. The summed E-state index contributed by atoms with van der Waals surface area (Å²) in [7, 11) is 0. The van der Waals surface area contributed by atoms with Gasteiger partial charge in [-0.3, -0.25) is 4.98 Å². The van der Waals surface area contributed by atoms with Crippen LogP contribution in [-0.4, -0.2) is 35.3 Å². The number of hydrogen-bond acceptors (Lipinski definition) is 6.